The number of rotatable bonds is 2. The van der Waals surface area contributed by atoms with Gasteiger partial charge in [-0.2, -0.15) is 0 Å². The molecule has 0 amide bonds. The molecule has 0 saturated heterocycles. The summed E-state index contributed by atoms with van der Waals surface area (Å²) in [6.07, 6.45) is 5.01. The predicted octanol–water partition coefficient (Wildman–Crippen LogP) is 3.51. The lowest BCUT2D eigenvalue weighted by atomic mass is 9.82. The average molecular weight is 229 g/mol. The Morgan fingerprint density at radius 1 is 0.941 bits per heavy atom. The largest absolute Gasteiger partial charge is 0.324 e. The van der Waals surface area contributed by atoms with Gasteiger partial charge in [0, 0.05) is 11.0 Å². The Morgan fingerprint density at radius 2 is 1.47 bits per heavy atom. The minimum atomic E-state index is 0.135. The summed E-state index contributed by atoms with van der Waals surface area (Å²) in [6.45, 7) is 6.79. The van der Waals surface area contributed by atoms with Gasteiger partial charge in [0.15, 0.2) is 0 Å². The van der Waals surface area contributed by atoms with E-state index in [1.807, 2.05) is 0 Å². The zero-order chi connectivity index (χ0) is 12.3. The smallest absolute Gasteiger partial charge is 0.0253 e. The SMILES string of the molecule is CC(C)(C)c1ccc(C2(C3(N)CC3)CC2)cc1. The van der Waals surface area contributed by atoms with Crippen molar-refractivity contribution in [2.24, 2.45) is 5.73 Å². The van der Waals surface area contributed by atoms with Crippen LogP contribution in [0.5, 0.6) is 0 Å². The fourth-order valence-electron chi connectivity index (χ4n) is 3.10. The molecule has 0 aromatic heterocycles. The summed E-state index contributed by atoms with van der Waals surface area (Å²) < 4.78 is 0. The first-order valence-electron chi connectivity index (χ1n) is 6.77. The van der Waals surface area contributed by atoms with Crippen LogP contribution in [0.1, 0.15) is 57.6 Å². The molecule has 0 heterocycles. The standard InChI is InChI=1S/C16H23N/c1-14(2,3)12-4-6-13(7-5-12)15(8-9-15)16(17)10-11-16/h4-7H,8-11,17H2,1-3H3. The number of hydrogen-bond donors (Lipinski definition) is 1. The van der Waals surface area contributed by atoms with E-state index in [1.165, 1.54) is 36.8 Å². The van der Waals surface area contributed by atoms with Gasteiger partial charge in [-0.05, 0) is 42.2 Å². The Balaban J connectivity index is 1.91. The molecular weight excluding hydrogens is 206 g/mol. The monoisotopic (exact) mass is 229 g/mol. The van der Waals surface area contributed by atoms with E-state index < -0.39 is 0 Å². The van der Waals surface area contributed by atoms with Crippen LogP contribution in [-0.4, -0.2) is 5.54 Å². The zero-order valence-corrected chi connectivity index (χ0v) is 11.2. The van der Waals surface area contributed by atoms with Gasteiger partial charge < -0.3 is 5.73 Å². The highest BCUT2D eigenvalue weighted by Gasteiger charge is 2.63. The topological polar surface area (TPSA) is 26.0 Å². The molecule has 0 aliphatic heterocycles. The molecule has 1 heteroatoms. The number of benzene rings is 1. The maximum absolute atomic E-state index is 6.44. The molecule has 0 atom stereocenters. The predicted molar refractivity (Wildman–Crippen MR) is 72.2 cm³/mol. The highest BCUT2D eigenvalue weighted by Crippen LogP contribution is 2.63. The van der Waals surface area contributed by atoms with Gasteiger partial charge in [-0.15, -0.1) is 0 Å². The number of nitrogens with two attached hydrogens (primary N) is 1. The molecule has 0 bridgehead atoms. The van der Waals surface area contributed by atoms with E-state index >= 15 is 0 Å². The molecular formula is C16H23N. The van der Waals surface area contributed by atoms with Crippen molar-refractivity contribution < 1.29 is 0 Å². The second-order valence-electron chi connectivity index (χ2n) is 7.07. The summed E-state index contributed by atoms with van der Waals surface area (Å²) in [4.78, 5) is 0. The van der Waals surface area contributed by atoms with Crippen LogP contribution < -0.4 is 5.73 Å². The molecule has 2 N–H and O–H groups in total. The molecule has 1 nitrogen and oxygen atoms in total. The third-order valence-corrected chi connectivity index (χ3v) is 4.80. The van der Waals surface area contributed by atoms with E-state index in [9.17, 15) is 0 Å². The first-order chi connectivity index (χ1) is 7.87. The van der Waals surface area contributed by atoms with E-state index in [4.69, 9.17) is 5.73 Å². The third kappa shape index (κ3) is 1.63. The van der Waals surface area contributed by atoms with Crippen LogP contribution in [0.25, 0.3) is 0 Å². The first kappa shape index (κ1) is 11.3. The maximum Gasteiger partial charge on any atom is 0.0253 e. The molecule has 17 heavy (non-hydrogen) atoms. The van der Waals surface area contributed by atoms with Crippen molar-refractivity contribution in [3.63, 3.8) is 0 Å². The molecule has 92 valence electrons. The summed E-state index contributed by atoms with van der Waals surface area (Å²) in [5, 5.41) is 0. The molecule has 2 aliphatic rings. The van der Waals surface area contributed by atoms with Gasteiger partial charge in [-0.3, -0.25) is 0 Å². The maximum atomic E-state index is 6.44. The molecule has 3 rings (SSSR count). The van der Waals surface area contributed by atoms with Crippen molar-refractivity contribution in [1.82, 2.24) is 0 Å². The molecule has 1 aromatic rings. The van der Waals surface area contributed by atoms with Gasteiger partial charge in [0.1, 0.15) is 0 Å². The minimum Gasteiger partial charge on any atom is -0.324 e. The quantitative estimate of drug-likeness (QED) is 0.825. The summed E-state index contributed by atoms with van der Waals surface area (Å²) in [6, 6.07) is 9.23. The van der Waals surface area contributed by atoms with Crippen molar-refractivity contribution in [2.75, 3.05) is 0 Å². The van der Waals surface area contributed by atoms with Gasteiger partial charge >= 0.3 is 0 Å². The van der Waals surface area contributed by atoms with Crippen LogP contribution >= 0.6 is 0 Å². The molecule has 0 unspecified atom stereocenters. The fourth-order valence-corrected chi connectivity index (χ4v) is 3.10. The Morgan fingerprint density at radius 3 is 1.82 bits per heavy atom. The second kappa shape index (κ2) is 3.14. The average Bonchev–Trinajstić information content (AvgIpc) is 3.12. The van der Waals surface area contributed by atoms with Gasteiger partial charge in [-0.1, -0.05) is 45.0 Å². The minimum absolute atomic E-state index is 0.135. The summed E-state index contributed by atoms with van der Waals surface area (Å²) in [5.41, 5.74) is 10.1. The van der Waals surface area contributed by atoms with E-state index in [0.29, 0.717) is 5.41 Å². The highest BCUT2D eigenvalue weighted by molar-refractivity contribution is 5.42. The van der Waals surface area contributed by atoms with Crippen molar-refractivity contribution in [3.05, 3.63) is 35.4 Å². The lowest BCUT2D eigenvalue weighted by Gasteiger charge is -2.25. The van der Waals surface area contributed by atoms with E-state index in [-0.39, 0.29) is 11.0 Å². The molecule has 1 aromatic carbocycles. The summed E-state index contributed by atoms with van der Waals surface area (Å²) >= 11 is 0. The molecule has 2 fully saturated rings. The third-order valence-electron chi connectivity index (χ3n) is 4.80. The van der Waals surface area contributed by atoms with E-state index in [2.05, 4.69) is 45.0 Å². The normalized spacial score (nSPS) is 24.5. The van der Waals surface area contributed by atoms with Crippen molar-refractivity contribution in [3.8, 4) is 0 Å². The molecule has 2 aliphatic carbocycles. The van der Waals surface area contributed by atoms with Gasteiger partial charge in [0.25, 0.3) is 0 Å². The first-order valence-corrected chi connectivity index (χ1v) is 6.77. The zero-order valence-electron chi connectivity index (χ0n) is 11.2. The molecule has 0 spiro atoms. The van der Waals surface area contributed by atoms with Crippen molar-refractivity contribution >= 4 is 0 Å². The van der Waals surface area contributed by atoms with Crippen molar-refractivity contribution in [1.29, 1.82) is 0 Å². The van der Waals surface area contributed by atoms with Crippen LogP contribution in [0.4, 0.5) is 0 Å². The highest BCUT2D eigenvalue weighted by atomic mass is 14.9. The van der Waals surface area contributed by atoms with Crippen LogP contribution in [-0.2, 0) is 10.8 Å². The molecule has 0 radical (unpaired) electrons. The van der Waals surface area contributed by atoms with Gasteiger partial charge in [-0.25, -0.2) is 0 Å². The Labute approximate surface area is 104 Å². The number of hydrogen-bond acceptors (Lipinski definition) is 1. The Bertz CT molecular complexity index is 428. The summed E-state index contributed by atoms with van der Waals surface area (Å²) in [5.74, 6) is 0. The fraction of sp³-hybridized carbons (Fsp3) is 0.625. The molecule has 2 saturated carbocycles. The second-order valence-corrected chi connectivity index (χ2v) is 7.07. The van der Waals surface area contributed by atoms with Gasteiger partial charge in [0.2, 0.25) is 0 Å². The van der Waals surface area contributed by atoms with Crippen LogP contribution in [0.15, 0.2) is 24.3 Å². The van der Waals surface area contributed by atoms with Gasteiger partial charge in [0.05, 0.1) is 0 Å². The van der Waals surface area contributed by atoms with Crippen LogP contribution in [0, 0.1) is 0 Å². The van der Waals surface area contributed by atoms with Crippen LogP contribution in [0.3, 0.4) is 0 Å². The Hall–Kier alpha value is -0.820. The van der Waals surface area contributed by atoms with Crippen LogP contribution in [0.2, 0.25) is 0 Å². The lowest BCUT2D eigenvalue weighted by molar-refractivity contribution is 0.502. The van der Waals surface area contributed by atoms with E-state index in [1.54, 1.807) is 0 Å². The Kier molecular flexibility index (Phi) is 2.08. The van der Waals surface area contributed by atoms with E-state index in [0.717, 1.165) is 0 Å². The van der Waals surface area contributed by atoms with Crippen molar-refractivity contribution in [2.45, 2.75) is 62.8 Å². The lowest BCUT2D eigenvalue weighted by Crippen LogP contribution is -2.37. The summed E-state index contributed by atoms with van der Waals surface area (Å²) in [7, 11) is 0.